The maximum atomic E-state index is 12.0. The highest BCUT2D eigenvalue weighted by Crippen LogP contribution is 2.42. The van der Waals surface area contributed by atoms with Crippen molar-refractivity contribution in [2.75, 3.05) is 139 Å². The van der Waals surface area contributed by atoms with Gasteiger partial charge in [0.15, 0.2) is 16.8 Å². The van der Waals surface area contributed by atoms with Gasteiger partial charge in [-0.25, -0.2) is 0 Å². The molecule has 0 saturated carbocycles. The summed E-state index contributed by atoms with van der Waals surface area (Å²) in [5, 5.41) is 35.9. The first-order chi connectivity index (χ1) is 49.4. The first-order valence-electron chi connectivity index (χ1n) is 33.7. The van der Waals surface area contributed by atoms with Crippen LogP contribution in [0, 0.1) is 30.3 Å². The minimum Gasteiger partial charge on any atom is -0.491 e. The van der Waals surface area contributed by atoms with Crippen molar-refractivity contribution in [1.82, 2.24) is 0 Å². The van der Waals surface area contributed by atoms with E-state index in [0.29, 0.717) is 130 Å². The molecule has 0 unspecified atom stereocenters. The van der Waals surface area contributed by atoms with Crippen molar-refractivity contribution >= 4 is 0 Å². The second kappa shape index (κ2) is 39.9. The number of nitro groups is 3. The van der Waals surface area contributed by atoms with Gasteiger partial charge in [0.2, 0.25) is 19.6 Å². The Morgan fingerprint density at radius 1 is 0.238 bits per heavy atom. The van der Waals surface area contributed by atoms with Gasteiger partial charge in [-0.1, -0.05) is 218 Å². The van der Waals surface area contributed by atoms with Gasteiger partial charge in [0.25, 0.3) is 0 Å². The van der Waals surface area contributed by atoms with Crippen LogP contribution in [0.25, 0.3) is 0 Å². The summed E-state index contributed by atoms with van der Waals surface area (Å²) >= 11 is 0. The molecule has 0 atom stereocenters. The number of rotatable bonds is 48. The van der Waals surface area contributed by atoms with Crippen molar-refractivity contribution < 1.29 is 71.6 Å². The molecule has 9 rings (SSSR count). The van der Waals surface area contributed by atoms with Crippen molar-refractivity contribution in [2.45, 2.75) is 29.1 Å². The Morgan fingerprint density at radius 3 is 0.604 bits per heavy atom. The third-order valence-electron chi connectivity index (χ3n) is 17.1. The lowest BCUT2D eigenvalue weighted by molar-refractivity contribution is -0.501. The van der Waals surface area contributed by atoms with Crippen LogP contribution in [-0.2, 0) is 64.8 Å². The van der Waals surface area contributed by atoms with Crippen LogP contribution in [0.1, 0.15) is 57.0 Å². The van der Waals surface area contributed by atoms with Gasteiger partial charge in [-0.15, -0.1) is 0 Å². The second-order valence-electron chi connectivity index (χ2n) is 23.6. The van der Waals surface area contributed by atoms with E-state index in [1.54, 1.807) is 0 Å². The number of benzene rings is 9. The van der Waals surface area contributed by atoms with Crippen molar-refractivity contribution in [3.05, 3.63) is 335 Å². The molecule has 21 heteroatoms. The number of ether oxygens (including phenoxy) is 12. The van der Waals surface area contributed by atoms with E-state index in [2.05, 4.69) is 43.3 Å². The highest BCUT2D eigenvalue weighted by Gasteiger charge is 2.43. The summed E-state index contributed by atoms with van der Waals surface area (Å²) in [4.78, 5) is 34.9. The summed E-state index contributed by atoms with van der Waals surface area (Å²) in [6, 6.07) is 79.2. The van der Waals surface area contributed by atoms with Crippen molar-refractivity contribution in [2.24, 2.45) is 0 Å². The molecule has 9 aromatic rings. The van der Waals surface area contributed by atoms with Gasteiger partial charge in [0, 0.05) is 20.2 Å². The zero-order valence-electron chi connectivity index (χ0n) is 56.8. The molecule has 0 amide bonds. The van der Waals surface area contributed by atoms with Crippen LogP contribution in [0.4, 0.5) is 0 Å². The van der Waals surface area contributed by atoms with Crippen LogP contribution in [-0.4, -0.2) is 153 Å². The Hall–Kier alpha value is -9.78. The number of hydrogen-bond donors (Lipinski definition) is 0. The average molecular weight is 1380 g/mol. The van der Waals surface area contributed by atoms with Crippen LogP contribution in [0.3, 0.4) is 0 Å². The van der Waals surface area contributed by atoms with Crippen molar-refractivity contribution in [3.8, 4) is 17.2 Å². The predicted molar refractivity (Wildman–Crippen MR) is 381 cm³/mol. The molecule has 9 aromatic carbocycles. The smallest absolute Gasteiger partial charge is 0.240 e. The first kappa shape index (κ1) is 75.4. The summed E-state index contributed by atoms with van der Waals surface area (Å²) in [6.07, 6.45) is 0. The zero-order valence-corrected chi connectivity index (χ0v) is 56.8. The van der Waals surface area contributed by atoms with Gasteiger partial charge >= 0.3 is 0 Å². The summed E-state index contributed by atoms with van der Waals surface area (Å²) in [5.74, 6) is 2.00. The van der Waals surface area contributed by atoms with Crippen molar-refractivity contribution in [3.63, 3.8) is 0 Å². The van der Waals surface area contributed by atoms with Crippen LogP contribution in [0.2, 0.25) is 0 Å². The quantitative estimate of drug-likeness (QED) is 0.0149. The highest BCUT2D eigenvalue weighted by atomic mass is 16.6. The normalized spacial score (nSPS) is 11.9. The molecule has 0 radical (unpaired) electrons. The van der Waals surface area contributed by atoms with E-state index >= 15 is 0 Å². The molecule has 0 aliphatic rings. The third kappa shape index (κ3) is 21.9. The molecule has 0 aliphatic heterocycles. The fourth-order valence-electron chi connectivity index (χ4n) is 12.1. The van der Waals surface area contributed by atoms with Crippen LogP contribution < -0.4 is 14.2 Å². The molecule has 21 nitrogen and oxygen atoms in total. The Labute approximate surface area is 589 Å². The van der Waals surface area contributed by atoms with E-state index in [0.717, 1.165) is 16.7 Å². The minimum atomic E-state index is -1.29. The molecule has 0 bridgehead atoms. The maximum absolute atomic E-state index is 12.0. The predicted octanol–water partition coefficient (Wildman–Crippen LogP) is 13.0. The summed E-state index contributed by atoms with van der Waals surface area (Å²) in [6.45, 7) is 5.46. The van der Waals surface area contributed by atoms with Gasteiger partial charge < -0.3 is 56.8 Å². The van der Waals surface area contributed by atoms with E-state index < -0.39 is 41.9 Å². The molecule has 530 valence electrons. The molecule has 0 aliphatic carbocycles. The lowest BCUT2D eigenvalue weighted by Crippen LogP contribution is -2.39. The van der Waals surface area contributed by atoms with E-state index in [-0.39, 0.29) is 54.4 Å². The monoisotopic (exact) mass is 1380 g/mol. The summed E-state index contributed by atoms with van der Waals surface area (Å²) in [5.41, 5.74) is 2.60. The Balaban J connectivity index is 0.739. The lowest BCUT2D eigenvalue weighted by Gasteiger charge is -2.32. The van der Waals surface area contributed by atoms with E-state index in [4.69, 9.17) is 56.8 Å². The van der Waals surface area contributed by atoms with Gasteiger partial charge in [-0.2, -0.15) is 0 Å². The highest BCUT2D eigenvalue weighted by molar-refractivity contribution is 5.52. The minimum absolute atomic E-state index is 0.123. The largest absolute Gasteiger partial charge is 0.491 e. The van der Waals surface area contributed by atoms with E-state index in [9.17, 15) is 30.3 Å². The zero-order chi connectivity index (χ0) is 70.7. The molecule has 0 heterocycles. The fraction of sp³-hybridized carbons (Fsp3) is 0.325. The fourth-order valence-corrected chi connectivity index (χ4v) is 12.1. The molecular formula is C80H87N3O18. The van der Waals surface area contributed by atoms with Gasteiger partial charge in [0.1, 0.15) is 37.1 Å². The molecule has 0 spiro atoms. The van der Waals surface area contributed by atoms with E-state index in [1.807, 2.05) is 218 Å². The van der Waals surface area contributed by atoms with Gasteiger partial charge in [-0.05, 0) is 93.4 Å². The topological polar surface area (TPSA) is 240 Å². The van der Waals surface area contributed by atoms with Gasteiger partial charge in [-0.3, -0.25) is 30.3 Å². The molecule has 0 aromatic heterocycles. The Morgan fingerprint density at radius 2 is 0.416 bits per heavy atom. The molecule has 0 N–H and O–H groups in total. The number of nitrogens with zero attached hydrogens (tertiary/aromatic N) is 3. The SMILES string of the molecule is CC(c1ccc(OCCOCCOCCOC(C[N+](=O)[O-])(c2ccccc2)c2ccccc2)cc1)(c1ccc(OCCOCCOCCOC(C[N+](=O)[O-])(c2ccccc2)c2ccccc2)cc1)c1ccc(OCCOCCOCCOC(C[N+](=O)[O-])(c2ccccc2)c2ccccc2)cc1. The first-order valence-corrected chi connectivity index (χ1v) is 33.7. The molecule has 0 saturated heterocycles. The van der Waals surface area contributed by atoms with Crippen molar-refractivity contribution in [1.29, 1.82) is 0 Å². The van der Waals surface area contributed by atoms with Gasteiger partial charge in [0.05, 0.1) is 99.1 Å². The summed E-state index contributed by atoms with van der Waals surface area (Å²) in [7, 11) is 0. The van der Waals surface area contributed by atoms with Crippen LogP contribution in [0.15, 0.2) is 255 Å². The molecule has 0 fully saturated rings. The second-order valence-corrected chi connectivity index (χ2v) is 23.6. The third-order valence-corrected chi connectivity index (χ3v) is 17.1. The molecular weight excluding hydrogens is 1290 g/mol. The number of hydrogen-bond acceptors (Lipinski definition) is 18. The molecule has 101 heavy (non-hydrogen) atoms. The van der Waals surface area contributed by atoms with Crippen LogP contribution in [0.5, 0.6) is 17.2 Å². The van der Waals surface area contributed by atoms with Crippen LogP contribution >= 0.6 is 0 Å². The standard InChI is InChI=1S/C80H87N3O18/c1-77(65-32-38-74(39-33-65)96-56-50-90-44-47-93-53-59-99-78(62-81(84)85,68-20-8-2-9-21-68)69-22-10-3-11-23-69,66-34-40-75(41-35-66)97-57-51-91-45-48-94-54-60-100-79(63-82(86)87,70-24-12-4-13-25-70)71-26-14-5-15-27-71)67-36-42-76(43-37-67)98-58-52-92-46-49-95-55-61-101-80(64-83(88)89,72-28-16-6-17-29-72)73-30-18-7-19-31-73/h2-43H,44-64H2,1H3. The maximum Gasteiger partial charge on any atom is 0.240 e. The Bertz CT molecular complexity index is 3310. The lowest BCUT2D eigenvalue weighted by atomic mass is 9.71. The average Bonchev–Trinajstić information content (AvgIpc) is 0.797. The summed E-state index contributed by atoms with van der Waals surface area (Å²) < 4.78 is 72.4. The Kier molecular flexibility index (Phi) is 29.8. The van der Waals surface area contributed by atoms with E-state index in [1.165, 1.54) is 0 Å².